The molecule has 3 aromatic rings. The summed E-state index contributed by atoms with van der Waals surface area (Å²) in [7, 11) is 0. The van der Waals surface area contributed by atoms with Crippen LogP contribution in [0.2, 0.25) is 5.02 Å². The number of nitrogens with zero attached hydrogens (tertiary/aromatic N) is 1. The molecule has 0 unspecified atom stereocenters. The number of phenols is 1. The van der Waals surface area contributed by atoms with Crippen molar-refractivity contribution < 1.29 is 23.8 Å². The van der Waals surface area contributed by atoms with E-state index in [-0.39, 0.29) is 29.6 Å². The number of nitrogens with one attached hydrogen (secondary N) is 1. The summed E-state index contributed by atoms with van der Waals surface area (Å²) >= 11 is 7.03. The van der Waals surface area contributed by atoms with Crippen molar-refractivity contribution in [3.05, 3.63) is 47.0 Å². The molecule has 0 saturated carbocycles. The lowest BCUT2D eigenvalue weighted by Gasteiger charge is -2.08. The van der Waals surface area contributed by atoms with Crippen LogP contribution in [-0.4, -0.2) is 34.3 Å². The number of anilines is 1. The first-order valence-corrected chi connectivity index (χ1v) is 9.31. The number of esters is 1. The molecule has 3 rings (SSSR count). The average Bonchev–Trinajstić information content (AvgIpc) is 3.02. The van der Waals surface area contributed by atoms with E-state index in [1.165, 1.54) is 18.2 Å². The SMILES string of the molecule is CCOC(=O)c1ccc(NC(=O)CSc2nc3cc(Cl)ccc3o2)cc1O. The maximum atomic E-state index is 12.1. The molecule has 1 heterocycles. The van der Waals surface area contributed by atoms with Gasteiger partial charge in [0.15, 0.2) is 5.58 Å². The third-order valence-electron chi connectivity index (χ3n) is 3.43. The predicted molar refractivity (Wildman–Crippen MR) is 102 cm³/mol. The van der Waals surface area contributed by atoms with E-state index >= 15 is 0 Å². The minimum atomic E-state index is -0.625. The Labute approximate surface area is 163 Å². The summed E-state index contributed by atoms with van der Waals surface area (Å²) < 4.78 is 10.4. The molecule has 9 heteroatoms. The lowest BCUT2D eigenvalue weighted by molar-refractivity contribution is -0.113. The number of carbonyl (C=O) groups is 2. The number of carbonyl (C=O) groups excluding carboxylic acids is 2. The lowest BCUT2D eigenvalue weighted by Crippen LogP contribution is -2.14. The van der Waals surface area contributed by atoms with Crippen LogP contribution in [0.15, 0.2) is 46.0 Å². The second-order valence-corrected chi connectivity index (χ2v) is 6.74. The van der Waals surface area contributed by atoms with E-state index in [0.717, 1.165) is 11.8 Å². The van der Waals surface area contributed by atoms with Crippen LogP contribution in [0.3, 0.4) is 0 Å². The number of fused-ring (bicyclic) bond motifs is 1. The number of amides is 1. The van der Waals surface area contributed by atoms with Gasteiger partial charge < -0.3 is 19.6 Å². The van der Waals surface area contributed by atoms with Crippen LogP contribution in [0.1, 0.15) is 17.3 Å². The Hall–Kier alpha value is -2.71. The Kier molecular flexibility index (Phi) is 5.88. The molecule has 1 amide bonds. The van der Waals surface area contributed by atoms with Gasteiger partial charge in [0.2, 0.25) is 5.91 Å². The normalized spacial score (nSPS) is 10.7. The maximum absolute atomic E-state index is 12.1. The fourth-order valence-corrected chi connectivity index (χ4v) is 3.06. The van der Waals surface area contributed by atoms with Gasteiger partial charge in [-0.2, -0.15) is 0 Å². The lowest BCUT2D eigenvalue weighted by atomic mass is 10.2. The molecular weight excluding hydrogens is 392 g/mol. The number of oxazole rings is 1. The first kappa shape index (κ1) is 19.1. The predicted octanol–water partition coefficient (Wildman–Crippen LogP) is 4.09. The number of hydrogen-bond donors (Lipinski definition) is 2. The zero-order valence-electron chi connectivity index (χ0n) is 14.2. The molecule has 0 atom stereocenters. The summed E-state index contributed by atoms with van der Waals surface area (Å²) in [4.78, 5) is 28.0. The maximum Gasteiger partial charge on any atom is 0.341 e. The number of hydrogen-bond acceptors (Lipinski definition) is 7. The molecule has 0 aliphatic heterocycles. The number of phenolic OH excluding ortho intramolecular Hbond substituents is 1. The Morgan fingerprint density at radius 2 is 2.11 bits per heavy atom. The first-order chi connectivity index (χ1) is 13.0. The largest absolute Gasteiger partial charge is 0.507 e. The molecule has 140 valence electrons. The minimum absolute atomic E-state index is 0.0364. The van der Waals surface area contributed by atoms with Crippen molar-refractivity contribution in [1.29, 1.82) is 0 Å². The van der Waals surface area contributed by atoms with Crippen molar-refractivity contribution in [3.8, 4) is 5.75 Å². The molecule has 2 aromatic carbocycles. The smallest absolute Gasteiger partial charge is 0.341 e. The van der Waals surface area contributed by atoms with Crippen LogP contribution in [0.5, 0.6) is 5.75 Å². The molecule has 0 aliphatic rings. The van der Waals surface area contributed by atoms with Gasteiger partial charge in [-0.25, -0.2) is 9.78 Å². The molecule has 27 heavy (non-hydrogen) atoms. The van der Waals surface area contributed by atoms with Crippen molar-refractivity contribution >= 4 is 52.0 Å². The fourth-order valence-electron chi connectivity index (χ4n) is 2.26. The van der Waals surface area contributed by atoms with Crippen molar-refractivity contribution in [2.75, 3.05) is 17.7 Å². The van der Waals surface area contributed by atoms with Gasteiger partial charge in [-0.05, 0) is 37.3 Å². The van der Waals surface area contributed by atoms with Gasteiger partial charge in [-0.15, -0.1) is 0 Å². The highest BCUT2D eigenvalue weighted by atomic mass is 35.5. The molecule has 0 fully saturated rings. The van der Waals surface area contributed by atoms with Gasteiger partial charge in [-0.1, -0.05) is 23.4 Å². The third kappa shape index (κ3) is 4.72. The van der Waals surface area contributed by atoms with Gasteiger partial charge in [0.1, 0.15) is 16.8 Å². The summed E-state index contributed by atoms with van der Waals surface area (Å²) in [6.45, 7) is 1.88. The number of aromatic nitrogens is 1. The van der Waals surface area contributed by atoms with Gasteiger partial charge in [0.25, 0.3) is 5.22 Å². The molecule has 0 radical (unpaired) electrons. The Balaban J connectivity index is 1.60. The van der Waals surface area contributed by atoms with Crippen LogP contribution in [0, 0.1) is 0 Å². The number of aromatic hydroxyl groups is 1. The molecule has 1 aromatic heterocycles. The van der Waals surface area contributed by atoms with Crippen molar-refractivity contribution in [1.82, 2.24) is 4.98 Å². The second-order valence-electron chi connectivity index (χ2n) is 5.38. The van der Waals surface area contributed by atoms with E-state index in [1.54, 1.807) is 25.1 Å². The van der Waals surface area contributed by atoms with Gasteiger partial charge in [0.05, 0.1) is 12.4 Å². The summed E-state index contributed by atoms with van der Waals surface area (Å²) in [5.74, 6) is -1.15. The zero-order chi connectivity index (χ0) is 19.4. The van der Waals surface area contributed by atoms with E-state index in [4.69, 9.17) is 20.8 Å². The summed E-state index contributed by atoms with van der Waals surface area (Å²) in [6.07, 6.45) is 0. The molecule has 0 aliphatic carbocycles. The highest BCUT2D eigenvalue weighted by molar-refractivity contribution is 7.99. The van der Waals surface area contributed by atoms with Gasteiger partial charge in [-0.3, -0.25) is 4.79 Å². The zero-order valence-corrected chi connectivity index (χ0v) is 15.8. The van der Waals surface area contributed by atoms with Crippen molar-refractivity contribution in [2.24, 2.45) is 0 Å². The monoisotopic (exact) mass is 406 g/mol. The molecule has 7 nitrogen and oxygen atoms in total. The van der Waals surface area contributed by atoms with Gasteiger partial charge >= 0.3 is 5.97 Å². The van der Waals surface area contributed by atoms with Gasteiger partial charge in [0, 0.05) is 16.8 Å². The standard InChI is InChI=1S/C18H15ClN2O5S/c1-2-25-17(24)12-5-4-11(8-14(12)22)20-16(23)9-27-18-21-13-7-10(19)3-6-15(13)26-18/h3-8,22H,2,9H2,1H3,(H,20,23). The highest BCUT2D eigenvalue weighted by Gasteiger charge is 2.14. The van der Waals surface area contributed by atoms with Crippen molar-refractivity contribution in [3.63, 3.8) is 0 Å². The van der Waals surface area contributed by atoms with Crippen LogP contribution < -0.4 is 5.32 Å². The number of thioether (sulfide) groups is 1. The topological polar surface area (TPSA) is 102 Å². The molecule has 0 spiro atoms. The number of halogens is 1. The first-order valence-electron chi connectivity index (χ1n) is 7.95. The number of rotatable bonds is 6. The Morgan fingerprint density at radius 3 is 2.85 bits per heavy atom. The summed E-state index contributed by atoms with van der Waals surface area (Å²) in [5, 5.41) is 13.5. The number of ether oxygens (including phenoxy) is 1. The Morgan fingerprint density at radius 1 is 1.30 bits per heavy atom. The quantitative estimate of drug-likeness (QED) is 0.469. The van der Waals surface area contributed by atoms with E-state index in [9.17, 15) is 14.7 Å². The highest BCUT2D eigenvalue weighted by Crippen LogP contribution is 2.26. The summed E-state index contributed by atoms with van der Waals surface area (Å²) in [6, 6.07) is 9.27. The Bertz CT molecular complexity index is 1000. The minimum Gasteiger partial charge on any atom is -0.507 e. The molecule has 0 saturated heterocycles. The molecule has 2 N–H and O–H groups in total. The second kappa shape index (κ2) is 8.32. The average molecular weight is 407 g/mol. The van der Waals surface area contributed by atoms with Crippen LogP contribution in [0.25, 0.3) is 11.1 Å². The van der Waals surface area contributed by atoms with Crippen LogP contribution in [-0.2, 0) is 9.53 Å². The summed E-state index contributed by atoms with van der Waals surface area (Å²) in [5.41, 5.74) is 1.59. The third-order valence-corrected chi connectivity index (χ3v) is 4.50. The molecule has 0 bridgehead atoms. The van der Waals surface area contributed by atoms with Crippen molar-refractivity contribution in [2.45, 2.75) is 12.1 Å². The van der Waals surface area contributed by atoms with E-state index in [2.05, 4.69) is 10.3 Å². The fraction of sp³-hybridized carbons (Fsp3) is 0.167. The molecular formula is C18H15ClN2O5S. The van der Waals surface area contributed by atoms with E-state index in [0.29, 0.717) is 27.0 Å². The van der Waals surface area contributed by atoms with E-state index < -0.39 is 5.97 Å². The van der Waals surface area contributed by atoms with E-state index in [1.807, 2.05) is 0 Å². The van der Waals surface area contributed by atoms with Crippen LogP contribution in [0.4, 0.5) is 5.69 Å². The number of benzene rings is 2. The van der Waals surface area contributed by atoms with Crippen LogP contribution >= 0.6 is 23.4 Å².